The third-order valence-corrected chi connectivity index (χ3v) is 1.79. The highest BCUT2D eigenvalue weighted by molar-refractivity contribution is 5.92. The average molecular weight is 207 g/mol. The molecule has 80 valence electrons. The maximum Gasteiger partial charge on any atom is 0.339 e. The molecule has 0 bridgehead atoms. The Balaban J connectivity index is 2.63. The van der Waals surface area contributed by atoms with E-state index in [0.29, 0.717) is 12.4 Å². The van der Waals surface area contributed by atoms with E-state index in [4.69, 9.17) is 5.11 Å². The molecule has 1 aromatic rings. The summed E-state index contributed by atoms with van der Waals surface area (Å²) in [5, 5.41) is 19.1. The van der Waals surface area contributed by atoms with Gasteiger partial charge >= 0.3 is 5.97 Å². The van der Waals surface area contributed by atoms with Crippen LogP contribution >= 0.6 is 0 Å². The molecule has 1 aromatic heterocycles. The molecule has 0 amide bonds. The van der Waals surface area contributed by atoms with E-state index in [0.717, 1.165) is 6.42 Å². The summed E-state index contributed by atoms with van der Waals surface area (Å²) >= 11 is 0. The van der Waals surface area contributed by atoms with Crippen LogP contribution in [-0.4, -0.2) is 27.8 Å². The fraction of sp³-hybridized carbons (Fsp3) is 0.300. The summed E-state index contributed by atoms with van der Waals surface area (Å²) in [5.74, 6) is -0.687. The molecule has 0 aliphatic rings. The maximum absolute atomic E-state index is 10.8. The number of nitrogens with one attached hydrogen (secondary N) is 1. The molecule has 0 atom stereocenters. The van der Waals surface area contributed by atoms with Crippen LogP contribution in [0.25, 0.3) is 0 Å². The molecule has 0 saturated heterocycles. The van der Waals surface area contributed by atoms with Gasteiger partial charge in [-0.2, -0.15) is 5.10 Å². The highest BCUT2D eigenvalue weighted by Gasteiger charge is 2.09. The van der Waals surface area contributed by atoms with Gasteiger partial charge < -0.3 is 10.4 Å². The standard InChI is InChI=1S/C10H13N3O2/c1-2-3-4-6-11-9-8(10(14)15)5-7-12-13-9/h2-3,5,7H,4,6H2,1H3,(H,11,13)(H,14,15)/b3-2+. The number of carboxylic acids is 1. The van der Waals surface area contributed by atoms with Crippen molar-refractivity contribution in [3.8, 4) is 0 Å². The second-order valence-corrected chi connectivity index (χ2v) is 2.88. The summed E-state index contributed by atoms with van der Waals surface area (Å²) in [6.45, 7) is 2.58. The lowest BCUT2D eigenvalue weighted by Gasteiger charge is -2.05. The Labute approximate surface area is 87.8 Å². The molecule has 5 nitrogen and oxygen atoms in total. The van der Waals surface area contributed by atoms with E-state index in [1.54, 1.807) is 0 Å². The lowest BCUT2D eigenvalue weighted by atomic mass is 10.3. The smallest absolute Gasteiger partial charge is 0.339 e. The number of hydrogen-bond donors (Lipinski definition) is 2. The van der Waals surface area contributed by atoms with Crippen molar-refractivity contribution >= 4 is 11.8 Å². The highest BCUT2D eigenvalue weighted by atomic mass is 16.4. The van der Waals surface area contributed by atoms with Crippen LogP contribution in [0.3, 0.4) is 0 Å². The van der Waals surface area contributed by atoms with Gasteiger partial charge in [0.15, 0.2) is 5.82 Å². The SMILES string of the molecule is C/C=C/CCNc1nnccc1C(=O)O. The number of aromatic nitrogens is 2. The van der Waals surface area contributed by atoms with Crippen molar-refractivity contribution in [1.82, 2.24) is 10.2 Å². The van der Waals surface area contributed by atoms with Crippen molar-refractivity contribution in [2.24, 2.45) is 0 Å². The number of allylic oxidation sites excluding steroid dienone is 1. The minimum absolute atomic E-state index is 0.144. The lowest BCUT2D eigenvalue weighted by molar-refractivity contribution is 0.0697. The van der Waals surface area contributed by atoms with Crippen molar-refractivity contribution < 1.29 is 9.90 Å². The molecular weight excluding hydrogens is 194 g/mol. The summed E-state index contributed by atoms with van der Waals surface area (Å²) in [7, 11) is 0. The van der Waals surface area contributed by atoms with Crippen molar-refractivity contribution in [2.45, 2.75) is 13.3 Å². The third kappa shape index (κ3) is 3.38. The Morgan fingerprint density at radius 2 is 2.47 bits per heavy atom. The molecule has 0 fully saturated rings. The number of hydrogen-bond acceptors (Lipinski definition) is 4. The van der Waals surface area contributed by atoms with Crippen molar-refractivity contribution in [3.63, 3.8) is 0 Å². The van der Waals surface area contributed by atoms with Gasteiger partial charge in [-0.05, 0) is 19.4 Å². The van der Waals surface area contributed by atoms with Gasteiger partial charge in [0.1, 0.15) is 5.56 Å². The first-order chi connectivity index (χ1) is 7.25. The third-order valence-electron chi connectivity index (χ3n) is 1.79. The largest absolute Gasteiger partial charge is 0.478 e. The molecule has 5 heteroatoms. The van der Waals surface area contributed by atoms with Crippen LogP contribution in [0.15, 0.2) is 24.4 Å². The van der Waals surface area contributed by atoms with Crippen LogP contribution in [0.2, 0.25) is 0 Å². The summed E-state index contributed by atoms with van der Waals surface area (Å²) in [6, 6.07) is 1.42. The average Bonchev–Trinajstić information content (AvgIpc) is 2.25. The summed E-state index contributed by atoms with van der Waals surface area (Å²) in [4.78, 5) is 10.8. The highest BCUT2D eigenvalue weighted by Crippen LogP contribution is 2.09. The monoisotopic (exact) mass is 207 g/mol. The molecule has 2 N–H and O–H groups in total. The first-order valence-corrected chi connectivity index (χ1v) is 4.65. The molecule has 15 heavy (non-hydrogen) atoms. The van der Waals surface area contributed by atoms with Gasteiger partial charge in [-0.15, -0.1) is 5.10 Å². The van der Waals surface area contributed by atoms with Crippen LogP contribution in [0, 0.1) is 0 Å². The molecule has 0 radical (unpaired) electrons. The fourth-order valence-corrected chi connectivity index (χ4v) is 1.08. The summed E-state index contributed by atoms with van der Waals surface area (Å²) in [5.41, 5.74) is 0.144. The topological polar surface area (TPSA) is 75.1 Å². The minimum Gasteiger partial charge on any atom is -0.478 e. The van der Waals surface area contributed by atoms with Gasteiger partial charge in [0.05, 0.1) is 6.20 Å². The van der Waals surface area contributed by atoms with Gasteiger partial charge in [0.2, 0.25) is 0 Å². The molecule has 0 saturated carbocycles. The zero-order chi connectivity index (χ0) is 11.1. The van der Waals surface area contributed by atoms with E-state index in [1.165, 1.54) is 12.3 Å². The van der Waals surface area contributed by atoms with Crippen molar-refractivity contribution in [1.29, 1.82) is 0 Å². The van der Waals surface area contributed by atoms with Crippen LogP contribution in [0.1, 0.15) is 23.7 Å². The van der Waals surface area contributed by atoms with Gasteiger partial charge in [0, 0.05) is 6.54 Å². The fourth-order valence-electron chi connectivity index (χ4n) is 1.08. The Morgan fingerprint density at radius 3 is 3.13 bits per heavy atom. The minimum atomic E-state index is -1.00. The number of nitrogens with zero attached hydrogens (tertiary/aromatic N) is 2. The van der Waals surface area contributed by atoms with Crippen LogP contribution in [0.4, 0.5) is 5.82 Å². The van der Waals surface area contributed by atoms with Gasteiger partial charge in [-0.25, -0.2) is 4.79 Å². The zero-order valence-electron chi connectivity index (χ0n) is 8.47. The van der Waals surface area contributed by atoms with Crippen molar-refractivity contribution in [3.05, 3.63) is 30.0 Å². The number of aromatic carboxylic acids is 1. The molecule has 0 aromatic carbocycles. The first-order valence-electron chi connectivity index (χ1n) is 4.65. The number of anilines is 1. The van der Waals surface area contributed by atoms with Crippen LogP contribution < -0.4 is 5.32 Å². The zero-order valence-corrected chi connectivity index (χ0v) is 8.47. The maximum atomic E-state index is 10.8. The predicted molar refractivity (Wildman–Crippen MR) is 56.9 cm³/mol. The quantitative estimate of drug-likeness (QED) is 0.566. The summed E-state index contributed by atoms with van der Waals surface area (Å²) < 4.78 is 0. The molecular formula is C10H13N3O2. The number of carbonyl (C=O) groups is 1. The molecule has 1 heterocycles. The molecule has 1 rings (SSSR count). The van der Waals surface area contributed by atoms with Crippen LogP contribution in [0.5, 0.6) is 0 Å². The second-order valence-electron chi connectivity index (χ2n) is 2.88. The Hall–Kier alpha value is -1.91. The van der Waals surface area contributed by atoms with E-state index >= 15 is 0 Å². The molecule has 0 aliphatic carbocycles. The van der Waals surface area contributed by atoms with Crippen LogP contribution in [-0.2, 0) is 0 Å². The van der Waals surface area contributed by atoms with E-state index in [-0.39, 0.29) is 5.56 Å². The van der Waals surface area contributed by atoms with E-state index < -0.39 is 5.97 Å². The van der Waals surface area contributed by atoms with Gasteiger partial charge in [-0.1, -0.05) is 12.2 Å². The Bertz CT molecular complexity index is 363. The number of rotatable bonds is 5. The Kier molecular flexibility index (Phi) is 4.28. The normalized spacial score (nSPS) is 10.5. The predicted octanol–water partition coefficient (Wildman–Crippen LogP) is 1.55. The van der Waals surface area contributed by atoms with Gasteiger partial charge in [-0.3, -0.25) is 0 Å². The second kappa shape index (κ2) is 5.74. The number of carboxylic acid groups (broad SMARTS) is 1. The van der Waals surface area contributed by atoms with E-state index in [9.17, 15) is 4.79 Å². The molecule has 0 unspecified atom stereocenters. The Morgan fingerprint density at radius 1 is 1.67 bits per heavy atom. The van der Waals surface area contributed by atoms with Gasteiger partial charge in [0.25, 0.3) is 0 Å². The molecule has 0 aliphatic heterocycles. The van der Waals surface area contributed by atoms with E-state index in [1.807, 2.05) is 19.1 Å². The van der Waals surface area contributed by atoms with Crippen molar-refractivity contribution in [2.75, 3.05) is 11.9 Å². The van der Waals surface area contributed by atoms with E-state index in [2.05, 4.69) is 15.5 Å². The lowest BCUT2D eigenvalue weighted by Crippen LogP contribution is -2.09. The summed E-state index contributed by atoms with van der Waals surface area (Å²) in [6.07, 6.45) is 6.12. The first kappa shape index (κ1) is 11.2. The molecule has 0 spiro atoms.